The maximum Gasteiger partial charge on any atom is 0.161 e. The first kappa shape index (κ1) is 18.6. The summed E-state index contributed by atoms with van der Waals surface area (Å²) in [6, 6.07) is 0.309. The fourth-order valence-electron chi connectivity index (χ4n) is 3.73. The fourth-order valence-corrected chi connectivity index (χ4v) is 5.47. The average molecular weight is 405 g/mol. The largest absolute Gasteiger partial charge is 0.384 e. The SMILES string of the molecule is Nc1c(S(=O)NCCC2=NCC=CS2)c2nccnc2n1C1CCCCC1. The minimum Gasteiger partial charge on any atom is -0.384 e. The highest BCUT2D eigenvalue weighted by atomic mass is 32.2. The van der Waals surface area contributed by atoms with Gasteiger partial charge in [0.25, 0.3) is 0 Å². The summed E-state index contributed by atoms with van der Waals surface area (Å²) < 4.78 is 18.1. The van der Waals surface area contributed by atoms with Crippen LogP contribution in [0.25, 0.3) is 11.2 Å². The van der Waals surface area contributed by atoms with E-state index in [1.807, 2.05) is 11.5 Å². The number of nitrogens with zero attached hydrogens (tertiary/aromatic N) is 4. The summed E-state index contributed by atoms with van der Waals surface area (Å²) in [5.41, 5.74) is 7.85. The van der Waals surface area contributed by atoms with E-state index in [1.54, 1.807) is 24.2 Å². The molecule has 0 radical (unpaired) electrons. The first-order valence-electron chi connectivity index (χ1n) is 9.36. The molecule has 4 rings (SSSR count). The van der Waals surface area contributed by atoms with Crippen LogP contribution in [0, 0.1) is 0 Å². The summed E-state index contributed by atoms with van der Waals surface area (Å²) in [7, 11) is -1.44. The molecule has 2 aliphatic rings. The Morgan fingerprint density at radius 1 is 1.26 bits per heavy atom. The Morgan fingerprint density at radius 3 is 2.85 bits per heavy atom. The number of thioether (sulfide) groups is 1. The molecular formula is C18H24N6OS2. The molecule has 0 saturated heterocycles. The molecule has 9 heteroatoms. The Hall–Kier alpha value is -1.71. The Balaban J connectivity index is 1.56. The lowest BCUT2D eigenvalue weighted by atomic mass is 9.95. The molecule has 0 bridgehead atoms. The Morgan fingerprint density at radius 2 is 2.07 bits per heavy atom. The molecule has 0 amide bonds. The normalized spacial score (nSPS) is 19.3. The van der Waals surface area contributed by atoms with Gasteiger partial charge in [-0.05, 0) is 18.2 Å². The van der Waals surface area contributed by atoms with Crippen molar-refractivity contribution in [3.8, 4) is 0 Å². The van der Waals surface area contributed by atoms with Crippen LogP contribution >= 0.6 is 11.8 Å². The molecule has 7 nitrogen and oxygen atoms in total. The molecule has 144 valence electrons. The molecule has 27 heavy (non-hydrogen) atoms. The minimum absolute atomic E-state index is 0.309. The van der Waals surface area contributed by atoms with E-state index in [0.29, 0.717) is 28.8 Å². The van der Waals surface area contributed by atoms with Crippen LogP contribution in [-0.2, 0) is 11.0 Å². The molecule has 3 N–H and O–H groups in total. The number of hydrogen-bond acceptors (Lipinski definition) is 6. The maximum absolute atomic E-state index is 13.0. The zero-order chi connectivity index (χ0) is 18.6. The smallest absolute Gasteiger partial charge is 0.161 e. The van der Waals surface area contributed by atoms with E-state index in [-0.39, 0.29) is 0 Å². The van der Waals surface area contributed by atoms with Gasteiger partial charge >= 0.3 is 0 Å². The van der Waals surface area contributed by atoms with E-state index in [2.05, 4.69) is 24.2 Å². The molecule has 1 atom stereocenters. The fraction of sp³-hybridized carbons (Fsp3) is 0.500. The summed E-state index contributed by atoms with van der Waals surface area (Å²) in [6.45, 7) is 1.30. The Bertz CT molecular complexity index is 901. The van der Waals surface area contributed by atoms with E-state index < -0.39 is 11.0 Å². The minimum atomic E-state index is -1.44. The number of nitrogens with two attached hydrogens (primary N) is 1. The second kappa shape index (κ2) is 8.53. The molecule has 1 fully saturated rings. The van der Waals surface area contributed by atoms with Gasteiger partial charge in [-0.2, -0.15) is 0 Å². The number of aliphatic imine (C=N–C) groups is 1. The Kier molecular flexibility index (Phi) is 5.89. The number of rotatable bonds is 6. The van der Waals surface area contributed by atoms with Crippen molar-refractivity contribution in [1.29, 1.82) is 0 Å². The standard InChI is InChI=1S/C18H24N6OS2/c19-17-16(27(25)23-9-7-14-20-8-4-12-26-14)15-18(22-11-10-21-15)24(17)13-5-2-1-3-6-13/h4,10-13,23H,1-3,5-9,19H2. The number of nitrogens with one attached hydrogen (secondary N) is 1. The zero-order valence-corrected chi connectivity index (χ0v) is 16.8. The molecule has 0 spiro atoms. The zero-order valence-electron chi connectivity index (χ0n) is 15.1. The molecule has 2 aromatic heterocycles. The lowest BCUT2D eigenvalue weighted by Gasteiger charge is -2.24. The van der Waals surface area contributed by atoms with Gasteiger partial charge in [0.1, 0.15) is 27.2 Å². The van der Waals surface area contributed by atoms with Crippen LogP contribution < -0.4 is 10.5 Å². The summed E-state index contributed by atoms with van der Waals surface area (Å²) in [5.74, 6) is 0.529. The van der Waals surface area contributed by atoms with Gasteiger partial charge in [-0.15, -0.1) is 0 Å². The number of aromatic nitrogens is 3. The summed E-state index contributed by atoms with van der Waals surface area (Å²) in [5, 5.41) is 3.10. The second-order valence-corrected chi connectivity index (χ2v) is 8.96. The number of anilines is 1. The highest BCUT2D eigenvalue weighted by Crippen LogP contribution is 2.37. The third-order valence-corrected chi connectivity index (χ3v) is 7.16. The van der Waals surface area contributed by atoms with Crippen molar-refractivity contribution in [3.05, 3.63) is 23.9 Å². The van der Waals surface area contributed by atoms with Gasteiger partial charge < -0.3 is 10.3 Å². The van der Waals surface area contributed by atoms with Crippen LogP contribution in [-0.4, -0.2) is 36.9 Å². The van der Waals surface area contributed by atoms with Crippen molar-refractivity contribution >= 4 is 44.8 Å². The summed E-state index contributed by atoms with van der Waals surface area (Å²) in [4.78, 5) is 13.9. The van der Waals surface area contributed by atoms with Gasteiger partial charge in [-0.25, -0.2) is 18.9 Å². The Labute approximate surface area is 165 Å². The van der Waals surface area contributed by atoms with E-state index in [4.69, 9.17) is 5.73 Å². The van der Waals surface area contributed by atoms with Crippen molar-refractivity contribution in [2.75, 3.05) is 18.8 Å². The molecule has 1 aliphatic carbocycles. The van der Waals surface area contributed by atoms with E-state index in [1.165, 1.54) is 19.3 Å². The van der Waals surface area contributed by atoms with Crippen LogP contribution in [0.15, 0.2) is 33.8 Å². The molecule has 0 aromatic carbocycles. The van der Waals surface area contributed by atoms with Crippen LogP contribution in [0.2, 0.25) is 0 Å². The van der Waals surface area contributed by atoms with Crippen molar-refractivity contribution in [1.82, 2.24) is 19.3 Å². The highest BCUT2D eigenvalue weighted by Gasteiger charge is 2.27. The quantitative estimate of drug-likeness (QED) is 0.770. The number of fused-ring (bicyclic) bond motifs is 1. The third kappa shape index (κ3) is 3.95. The summed E-state index contributed by atoms with van der Waals surface area (Å²) in [6.07, 6.45) is 11.9. The van der Waals surface area contributed by atoms with Crippen molar-refractivity contribution in [2.45, 2.75) is 49.5 Å². The van der Waals surface area contributed by atoms with Crippen LogP contribution in [0.1, 0.15) is 44.6 Å². The van der Waals surface area contributed by atoms with Gasteiger partial charge in [-0.1, -0.05) is 37.1 Å². The first-order chi connectivity index (χ1) is 13.3. The number of hydrogen-bond donors (Lipinski definition) is 2. The molecule has 1 saturated carbocycles. The molecule has 2 aromatic rings. The molecule has 1 unspecified atom stereocenters. The third-order valence-electron chi connectivity index (χ3n) is 4.98. The molecular weight excluding hydrogens is 380 g/mol. The average Bonchev–Trinajstić information content (AvgIpc) is 3.01. The predicted octanol–water partition coefficient (Wildman–Crippen LogP) is 3.18. The van der Waals surface area contributed by atoms with E-state index in [0.717, 1.165) is 36.5 Å². The lowest BCUT2D eigenvalue weighted by molar-refractivity contribution is 0.362. The highest BCUT2D eigenvalue weighted by molar-refractivity contribution is 8.16. The predicted molar refractivity (Wildman–Crippen MR) is 112 cm³/mol. The van der Waals surface area contributed by atoms with Gasteiger partial charge in [0.05, 0.1) is 11.6 Å². The van der Waals surface area contributed by atoms with Gasteiger partial charge in [0.15, 0.2) is 5.65 Å². The monoisotopic (exact) mass is 404 g/mol. The van der Waals surface area contributed by atoms with E-state index in [9.17, 15) is 4.21 Å². The van der Waals surface area contributed by atoms with Crippen molar-refractivity contribution < 1.29 is 4.21 Å². The number of nitrogen functional groups attached to an aromatic ring is 1. The van der Waals surface area contributed by atoms with Crippen molar-refractivity contribution in [2.24, 2.45) is 4.99 Å². The second-order valence-electron chi connectivity index (χ2n) is 6.74. The topological polar surface area (TPSA) is 98.2 Å². The molecule has 1 aliphatic heterocycles. The maximum atomic E-state index is 13.0. The lowest BCUT2D eigenvalue weighted by Crippen LogP contribution is -2.22. The van der Waals surface area contributed by atoms with Crippen LogP contribution in [0.4, 0.5) is 5.82 Å². The first-order valence-corrected chi connectivity index (χ1v) is 11.4. The van der Waals surface area contributed by atoms with Crippen LogP contribution in [0.5, 0.6) is 0 Å². The van der Waals surface area contributed by atoms with Gasteiger partial charge in [0.2, 0.25) is 0 Å². The summed E-state index contributed by atoms with van der Waals surface area (Å²) >= 11 is 1.62. The van der Waals surface area contributed by atoms with Gasteiger partial charge in [0, 0.05) is 31.4 Å². The molecule has 3 heterocycles. The van der Waals surface area contributed by atoms with E-state index >= 15 is 0 Å². The van der Waals surface area contributed by atoms with Gasteiger partial charge in [-0.3, -0.25) is 4.99 Å². The van der Waals surface area contributed by atoms with Crippen LogP contribution in [0.3, 0.4) is 0 Å². The van der Waals surface area contributed by atoms with Crippen molar-refractivity contribution in [3.63, 3.8) is 0 Å².